The van der Waals surface area contributed by atoms with E-state index in [1.165, 1.54) is 18.4 Å². The Labute approximate surface area is 166 Å². The third-order valence-corrected chi connectivity index (χ3v) is 4.34. The summed E-state index contributed by atoms with van der Waals surface area (Å²) >= 11 is 5.23. The number of nitrogens with one attached hydrogen (secondary N) is 3. The van der Waals surface area contributed by atoms with Crippen LogP contribution in [0.25, 0.3) is 0 Å². The third kappa shape index (κ3) is 6.90. The lowest BCUT2D eigenvalue weighted by Gasteiger charge is -2.13. The van der Waals surface area contributed by atoms with E-state index in [0.717, 1.165) is 23.2 Å². The number of amides is 1. The fraction of sp³-hybridized carbons (Fsp3) is 0.333. The number of rotatable bonds is 7. The number of aryl methyl sites for hydroxylation is 2. The summed E-state index contributed by atoms with van der Waals surface area (Å²) in [6.45, 7) is 4.16. The number of hydrogen-bond donors (Lipinski definition) is 3. The molecule has 2 aromatic rings. The van der Waals surface area contributed by atoms with Gasteiger partial charge in [-0.2, -0.15) is 0 Å². The van der Waals surface area contributed by atoms with Gasteiger partial charge >= 0.3 is 0 Å². The molecule has 3 N–H and O–H groups in total. The first-order chi connectivity index (χ1) is 13.0. The van der Waals surface area contributed by atoms with Gasteiger partial charge in [-0.1, -0.05) is 43.2 Å². The van der Waals surface area contributed by atoms with Crippen molar-refractivity contribution in [3.05, 3.63) is 59.2 Å². The minimum atomic E-state index is -0.196. The van der Waals surface area contributed by atoms with E-state index in [1.807, 2.05) is 37.3 Å². The lowest BCUT2D eigenvalue weighted by Crippen LogP contribution is -2.44. The number of ether oxygens (including phenoxy) is 1. The number of anilines is 1. The van der Waals surface area contributed by atoms with Crippen molar-refractivity contribution in [3.63, 3.8) is 0 Å². The standard InChI is InChI=1S/C21H27N3O2S/c1-4-5-6-16-8-10-18(11-9-16)22-21(27)24-23-20(25)14-17-13-15(2)7-12-19(17)26-3/h7-13H,4-6,14H2,1-3H3,(H,23,25)(H2,22,24,27). The van der Waals surface area contributed by atoms with Crippen LogP contribution in [0, 0.1) is 6.92 Å². The van der Waals surface area contributed by atoms with E-state index in [-0.39, 0.29) is 12.3 Å². The molecule has 2 rings (SSSR count). The van der Waals surface area contributed by atoms with Crippen LogP contribution in [-0.2, 0) is 17.6 Å². The minimum Gasteiger partial charge on any atom is -0.496 e. The van der Waals surface area contributed by atoms with Crippen molar-refractivity contribution < 1.29 is 9.53 Å². The van der Waals surface area contributed by atoms with Crippen molar-refractivity contribution in [3.8, 4) is 5.75 Å². The number of thiocarbonyl (C=S) groups is 1. The first-order valence-electron chi connectivity index (χ1n) is 9.10. The summed E-state index contributed by atoms with van der Waals surface area (Å²) in [6.07, 6.45) is 3.65. The SMILES string of the molecule is CCCCc1ccc(NC(=S)NNC(=O)Cc2cc(C)ccc2OC)cc1. The van der Waals surface area contributed by atoms with Gasteiger partial charge in [0.25, 0.3) is 0 Å². The number of hydrogen-bond acceptors (Lipinski definition) is 3. The molecule has 0 spiro atoms. The summed E-state index contributed by atoms with van der Waals surface area (Å²) in [6, 6.07) is 13.9. The van der Waals surface area contributed by atoms with Gasteiger partial charge in [-0.3, -0.25) is 15.6 Å². The molecule has 0 saturated heterocycles. The lowest BCUT2D eigenvalue weighted by atomic mass is 10.1. The molecule has 0 bridgehead atoms. The maximum Gasteiger partial charge on any atom is 0.242 e. The molecule has 0 aliphatic rings. The largest absolute Gasteiger partial charge is 0.496 e. The molecule has 2 aromatic carbocycles. The molecule has 1 amide bonds. The monoisotopic (exact) mass is 385 g/mol. The van der Waals surface area contributed by atoms with Crippen LogP contribution in [0.5, 0.6) is 5.75 Å². The molecule has 0 aliphatic carbocycles. The van der Waals surface area contributed by atoms with E-state index in [1.54, 1.807) is 7.11 Å². The van der Waals surface area contributed by atoms with E-state index in [2.05, 4.69) is 35.2 Å². The van der Waals surface area contributed by atoms with E-state index in [9.17, 15) is 4.79 Å². The van der Waals surface area contributed by atoms with Crippen LogP contribution in [0.1, 0.15) is 36.5 Å². The Kier molecular flexibility index (Phi) is 8.07. The summed E-state index contributed by atoms with van der Waals surface area (Å²) in [4.78, 5) is 12.2. The number of methoxy groups -OCH3 is 1. The molecule has 5 nitrogen and oxygen atoms in total. The molecule has 0 aliphatic heterocycles. The molecule has 0 heterocycles. The normalized spacial score (nSPS) is 10.2. The van der Waals surface area contributed by atoms with Gasteiger partial charge in [0.2, 0.25) is 5.91 Å². The van der Waals surface area contributed by atoms with E-state index in [4.69, 9.17) is 17.0 Å². The van der Waals surface area contributed by atoms with Crippen molar-refractivity contribution in [1.82, 2.24) is 10.9 Å². The highest BCUT2D eigenvalue weighted by Gasteiger charge is 2.09. The first kappa shape index (κ1) is 20.7. The quantitative estimate of drug-likeness (QED) is 0.498. The average Bonchev–Trinajstić information content (AvgIpc) is 2.66. The zero-order valence-corrected chi connectivity index (χ0v) is 16.9. The van der Waals surface area contributed by atoms with Gasteiger partial charge < -0.3 is 10.1 Å². The van der Waals surface area contributed by atoms with Gasteiger partial charge in [0, 0.05) is 11.3 Å². The molecule has 0 saturated carbocycles. The van der Waals surface area contributed by atoms with Crippen molar-refractivity contribution in [2.24, 2.45) is 0 Å². The van der Waals surface area contributed by atoms with Crippen molar-refractivity contribution in [2.45, 2.75) is 39.5 Å². The van der Waals surface area contributed by atoms with Crippen LogP contribution < -0.4 is 20.9 Å². The maximum atomic E-state index is 12.2. The van der Waals surface area contributed by atoms with Crippen LogP contribution in [-0.4, -0.2) is 18.1 Å². The molecule has 0 unspecified atom stereocenters. The molecule has 0 fully saturated rings. The lowest BCUT2D eigenvalue weighted by molar-refractivity contribution is -0.121. The highest BCUT2D eigenvalue weighted by Crippen LogP contribution is 2.20. The molecule has 144 valence electrons. The van der Waals surface area contributed by atoms with E-state index < -0.39 is 0 Å². The predicted molar refractivity (Wildman–Crippen MR) is 114 cm³/mol. The van der Waals surface area contributed by atoms with Gasteiger partial charge in [-0.15, -0.1) is 0 Å². The van der Waals surface area contributed by atoms with Gasteiger partial charge in [-0.05, 0) is 55.7 Å². The Morgan fingerprint density at radius 3 is 2.52 bits per heavy atom. The zero-order chi connectivity index (χ0) is 19.6. The van der Waals surface area contributed by atoms with Gasteiger partial charge in [0.05, 0.1) is 13.5 Å². The molecular formula is C21H27N3O2S. The molecule has 0 aromatic heterocycles. The smallest absolute Gasteiger partial charge is 0.242 e. The topological polar surface area (TPSA) is 62.4 Å². The van der Waals surface area contributed by atoms with Crippen molar-refractivity contribution in [2.75, 3.05) is 12.4 Å². The summed E-state index contributed by atoms with van der Waals surface area (Å²) in [5.41, 5.74) is 9.44. The number of carbonyl (C=O) groups is 1. The average molecular weight is 386 g/mol. The minimum absolute atomic E-state index is 0.196. The van der Waals surface area contributed by atoms with E-state index in [0.29, 0.717) is 10.9 Å². The highest BCUT2D eigenvalue weighted by molar-refractivity contribution is 7.80. The predicted octanol–water partition coefficient (Wildman–Crippen LogP) is 3.91. The van der Waals surface area contributed by atoms with Crippen LogP contribution in [0.3, 0.4) is 0 Å². The van der Waals surface area contributed by atoms with E-state index >= 15 is 0 Å². The zero-order valence-electron chi connectivity index (χ0n) is 16.1. The molecular weight excluding hydrogens is 358 g/mol. The third-order valence-electron chi connectivity index (χ3n) is 4.13. The maximum absolute atomic E-state index is 12.2. The van der Waals surface area contributed by atoms with Crippen LogP contribution in [0.15, 0.2) is 42.5 Å². The number of hydrazine groups is 1. The Bertz CT molecular complexity index is 775. The van der Waals surface area contributed by atoms with Crippen LogP contribution in [0.2, 0.25) is 0 Å². The van der Waals surface area contributed by atoms with Crippen LogP contribution in [0.4, 0.5) is 5.69 Å². The number of unbranched alkanes of at least 4 members (excludes halogenated alkanes) is 1. The molecule has 6 heteroatoms. The summed E-state index contributed by atoms with van der Waals surface area (Å²) in [7, 11) is 1.59. The second kappa shape index (κ2) is 10.5. The Morgan fingerprint density at radius 1 is 1.11 bits per heavy atom. The summed E-state index contributed by atoms with van der Waals surface area (Å²) in [5.74, 6) is 0.498. The van der Waals surface area contributed by atoms with Gasteiger partial charge in [0.1, 0.15) is 5.75 Å². The summed E-state index contributed by atoms with van der Waals surface area (Å²) in [5, 5.41) is 3.39. The van der Waals surface area contributed by atoms with Gasteiger partial charge in [-0.25, -0.2) is 0 Å². The highest BCUT2D eigenvalue weighted by atomic mass is 32.1. The van der Waals surface area contributed by atoms with Crippen LogP contribution >= 0.6 is 12.2 Å². The Balaban J connectivity index is 1.81. The summed E-state index contributed by atoms with van der Waals surface area (Å²) < 4.78 is 5.30. The molecule has 0 radical (unpaired) electrons. The second-order valence-electron chi connectivity index (χ2n) is 6.42. The van der Waals surface area contributed by atoms with Crippen molar-refractivity contribution >= 4 is 28.9 Å². The fourth-order valence-corrected chi connectivity index (χ4v) is 2.86. The Hall–Kier alpha value is -2.60. The Morgan fingerprint density at radius 2 is 1.85 bits per heavy atom. The second-order valence-corrected chi connectivity index (χ2v) is 6.83. The molecule has 0 atom stereocenters. The molecule has 27 heavy (non-hydrogen) atoms. The first-order valence-corrected chi connectivity index (χ1v) is 9.51. The number of benzene rings is 2. The van der Waals surface area contributed by atoms with Crippen molar-refractivity contribution in [1.29, 1.82) is 0 Å². The number of carbonyl (C=O) groups excluding carboxylic acids is 1. The fourth-order valence-electron chi connectivity index (χ4n) is 2.69. The van der Waals surface area contributed by atoms with Gasteiger partial charge in [0.15, 0.2) is 5.11 Å².